The molecule has 3 aromatic rings. The molecule has 4 rings (SSSR count). The number of nitrogens with one attached hydrogen (secondary N) is 1. The summed E-state index contributed by atoms with van der Waals surface area (Å²) in [5.74, 6) is -2.99. The fourth-order valence-electron chi connectivity index (χ4n) is 4.10. The van der Waals surface area contributed by atoms with Crippen LogP contribution >= 0.6 is 0 Å². The lowest BCUT2D eigenvalue weighted by Gasteiger charge is -2.25. The predicted molar refractivity (Wildman–Crippen MR) is 120 cm³/mol. The lowest BCUT2D eigenvalue weighted by Crippen LogP contribution is -2.28. The molecule has 168 valence electrons. The molecule has 0 saturated carbocycles. The highest BCUT2D eigenvalue weighted by Crippen LogP contribution is 2.36. The van der Waals surface area contributed by atoms with Crippen molar-refractivity contribution in [3.05, 3.63) is 57.9 Å². The van der Waals surface area contributed by atoms with Crippen LogP contribution in [0.5, 0.6) is 0 Å². The van der Waals surface area contributed by atoms with E-state index in [0.29, 0.717) is 35.6 Å². The van der Waals surface area contributed by atoms with Crippen molar-refractivity contribution >= 4 is 22.7 Å². The molecule has 1 fully saturated rings. The average Bonchev–Trinajstić information content (AvgIpc) is 2.92. The van der Waals surface area contributed by atoms with E-state index >= 15 is 0 Å². The lowest BCUT2D eigenvalue weighted by molar-refractivity contribution is -0.0102. The molecule has 0 unspecified atom stereocenters. The topological polar surface area (TPSA) is 75.3 Å². The molecule has 0 spiro atoms. The third-order valence-corrected chi connectivity index (χ3v) is 5.64. The molecule has 1 aliphatic heterocycles. The number of aryl methyl sites for hydroxylation is 1. The molecule has 6 nitrogen and oxygen atoms in total. The number of alkyl halides is 2. The third-order valence-electron chi connectivity index (χ3n) is 5.64. The standard InChI is InChI=1S/C24H25F2N3O3/c1-3-32-23(31)20-19(30)13-15(2)27-21(20)17-14-16-7-4-5-8-18(16)28-22(17)29-11-6-9-24(25,26)10-12-29/h4-5,7-8,13-14H,3,6,9-12H2,1-2H3,(H,27,30). The van der Waals surface area contributed by atoms with Crippen LogP contribution in [0, 0.1) is 6.92 Å². The van der Waals surface area contributed by atoms with Gasteiger partial charge in [0.25, 0.3) is 0 Å². The highest BCUT2D eigenvalue weighted by Gasteiger charge is 2.33. The summed E-state index contributed by atoms with van der Waals surface area (Å²) in [5, 5.41) is 0.809. The zero-order valence-corrected chi connectivity index (χ0v) is 18.1. The number of carbonyl (C=O) groups is 1. The largest absolute Gasteiger partial charge is 0.462 e. The maximum Gasteiger partial charge on any atom is 0.344 e. The normalized spacial score (nSPS) is 16.1. The Balaban J connectivity index is 1.96. The first-order valence-corrected chi connectivity index (χ1v) is 10.7. The Morgan fingerprint density at radius 3 is 2.78 bits per heavy atom. The number of anilines is 1. The first-order chi connectivity index (χ1) is 15.3. The zero-order valence-electron chi connectivity index (χ0n) is 18.1. The Hall–Kier alpha value is -3.29. The Morgan fingerprint density at radius 1 is 1.22 bits per heavy atom. The summed E-state index contributed by atoms with van der Waals surface area (Å²) in [7, 11) is 0. The Labute approximate surface area is 184 Å². The number of benzene rings is 1. The zero-order chi connectivity index (χ0) is 22.9. The fourth-order valence-corrected chi connectivity index (χ4v) is 4.10. The van der Waals surface area contributed by atoms with Crippen molar-refractivity contribution in [1.29, 1.82) is 0 Å². The number of ether oxygens (including phenoxy) is 1. The van der Waals surface area contributed by atoms with Crippen LogP contribution in [0.15, 0.2) is 41.2 Å². The molecular formula is C24H25F2N3O3. The number of H-pyrrole nitrogens is 1. The SMILES string of the molecule is CCOC(=O)c1c(-c2cc3ccccc3nc2N2CCCC(F)(F)CC2)[nH]c(C)cc1=O. The molecule has 2 aromatic heterocycles. The highest BCUT2D eigenvalue weighted by molar-refractivity contribution is 5.99. The van der Waals surface area contributed by atoms with Crippen LogP contribution in [0.4, 0.5) is 14.6 Å². The number of rotatable bonds is 4. The van der Waals surface area contributed by atoms with E-state index in [0.717, 1.165) is 5.39 Å². The molecule has 8 heteroatoms. The Kier molecular flexibility index (Phi) is 5.95. The first-order valence-electron chi connectivity index (χ1n) is 10.7. The molecular weight excluding hydrogens is 416 g/mol. The van der Waals surface area contributed by atoms with E-state index in [1.165, 1.54) is 6.07 Å². The van der Waals surface area contributed by atoms with Crippen molar-refractivity contribution in [2.24, 2.45) is 0 Å². The monoisotopic (exact) mass is 441 g/mol. The van der Waals surface area contributed by atoms with Crippen LogP contribution in [-0.4, -0.2) is 41.6 Å². The van der Waals surface area contributed by atoms with Gasteiger partial charge in [0.15, 0.2) is 5.43 Å². The number of para-hydroxylation sites is 1. The van der Waals surface area contributed by atoms with Crippen molar-refractivity contribution in [3.8, 4) is 11.3 Å². The van der Waals surface area contributed by atoms with E-state index in [4.69, 9.17) is 9.72 Å². The van der Waals surface area contributed by atoms with Crippen LogP contribution in [0.2, 0.25) is 0 Å². The fraction of sp³-hybridized carbons (Fsp3) is 0.375. The molecule has 32 heavy (non-hydrogen) atoms. The van der Waals surface area contributed by atoms with E-state index < -0.39 is 17.3 Å². The second-order valence-electron chi connectivity index (χ2n) is 8.04. The van der Waals surface area contributed by atoms with Crippen LogP contribution in [0.3, 0.4) is 0 Å². The van der Waals surface area contributed by atoms with Gasteiger partial charge in [0.1, 0.15) is 11.4 Å². The van der Waals surface area contributed by atoms with E-state index in [9.17, 15) is 18.4 Å². The summed E-state index contributed by atoms with van der Waals surface area (Å²) < 4.78 is 33.2. The molecule has 0 radical (unpaired) electrons. The number of aromatic nitrogens is 2. The van der Waals surface area contributed by atoms with Gasteiger partial charge in [-0.05, 0) is 32.4 Å². The Bertz CT molecular complexity index is 1220. The van der Waals surface area contributed by atoms with Crippen molar-refractivity contribution < 1.29 is 18.3 Å². The van der Waals surface area contributed by atoms with Gasteiger partial charge in [-0.2, -0.15) is 0 Å². The number of fused-ring (bicyclic) bond motifs is 1. The molecule has 1 N–H and O–H groups in total. The van der Waals surface area contributed by atoms with E-state index in [1.807, 2.05) is 35.2 Å². The Morgan fingerprint density at radius 2 is 2.00 bits per heavy atom. The van der Waals surface area contributed by atoms with Gasteiger partial charge in [-0.15, -0.1) is 0 Å². The number of nitrogens with zero attached hydrogens (tertiary/aromatic N) is 2. The summed E-state index contributed by atoms with van der Waals surface area (Å²) in [6.45, 7) is 4.03. The minimum atomic E-state index is -2.72. The molecule has 3 heterocycles. The average molecular weight is 441 g/mol. The minimum Gasteiger partial charge on any atom is -0.462 e. The molecule has 1 aliphatic rings. The first kappa shape index (κ1) is 21.9. The van der Waals surface area contributed by atoms with Gasteiger partial charge >= 0.3 is 5.97 Å². The summed E-state index contributed by atoms with van der Waals surface area (Å²) in [5.41, 5.74) is 1.50. The van der Waals surface area contributed by atoms with Crippen LogP contribution < -0.4 is 10.3 Å². The molecule has 1 saturated heterocycles. The van der Waals surface area contributed by atoms with Gasteiger partial charge in [0, 0.05) is 48.6 Å². The highest BCUT2D eigenvalue weighted by atomic mass is 19.3. The number of pyridine rings is 2. The van der Waals surface area contributed by atoms with Gasteiger partial charge < -0.3 is 14.6 Å². The molecule has 1 aromatic carbocycles. The van der Waals surface area contributed by atoms with Crippen LogP contribution in [0.1, 0.15) is 42.2 Å². The summed E-state index contributed by atoms with van der Waals surface area (Å²) in [4.78, 5) is 35.2. The van der Waals surface area contributed by atoms with Gasteiger partial charge in [-0.25, -0.2) is 18.6 Å². The van der Waals surface area contributed by atoms with Crippen molar-refractivity contribution in [2.45, 2.75) is 39.0 Å². The van der Waals surface area contributed by atoms with Crippen LogP contribution in [0.25, 0.3) is 22.2 Å². The van der Waals surface area contributed by atoms with Crippen molar-refractivity contribution in [1.82, 2.24) is 9.97 Å². The number of halogens is 2. The molecule has 0 amide bonds. The van der Waals surface area contributed by atoms with Gasteiger partial charge in [-0.1, -0.05) is 18.2 Å². The minimum absolute atomic E-state index is 0.115. The third kappa shape index (κ3) is 4.35. The van der Waals surface area contributed by atoms with E-state index in [2.05, 4.69) is 4.98 Å². The summed E-state index contributed by atoms with van der Waals surface area (Å²) >= 11 is 0. The predicted octanol–water partition coefficient (Wildman–Crippen LogP) is 4.70. The van der Waals surface area contributed by atoms with Gasteiger partial charge in [0.05, 0.1) is 17.8 Å². The van der Waals surface area contributed by atoms with E-state index in [1.54, 1.807) is 13.8 Å². The maximum absolute atomic E-state index is 14.0. The molecule has 0 aliphatic carbocycles. The number of carbonyl (C=O) groups excluding carboxylic acids is 1. The second kappa shape index (κ2) is 8.68. The number of hydrogen-bond donors (Lipinski definition) is 1. The smallest absolute Gasteiger partial charge is 0.344 e. The summed E-state index contributed by atoms with van der Waals surface area (Å²) in [6.07, 6.45) is -0.145. The molecule has 0 atom stereocenters. The van der Waals surface area contributed by atoms with E-state index in [-0.39, 0.29) is 37.3 Å². The second-order valence-corrected chi connectivity index (χ2v) is 8.04. The van der Waals surface area contributed by atoms with Crippen molar-refractivity contribution in [3.63, 3.8) is 0 Å². The van der Waals surface area contributed by atoms with Crippen molar-refractivity contribution in [2.75, 3.05) is 24.6 Å². The molecule has 0 bridgehead atoms. The quantitative estimate of drug-likeness (QED) is 0.594. The lowest BCUT2D eigenvalue weighted by atomic mass is 10.0. The number of esters is 1. The number of hydrogen-bond acceptors (Lipinski definition) is 5. The van der Waals surface area contributed by atoms with Crippen LogP contribution in [-0.2, 0) is 4.74 Å². The number of aromatic amines is 1. The maximum atomic E-state index is 14.0. The van der Waals surface area contributed by atoms with Gasteiger partial charge in [0.2, 0.25) is 5.92 Å². The van der Waals surface area contributed by atoms with Gasteiger partial charge in [-0.3, -0.25) is 4.79 Å². The summed E-state index contributed by atoms with van der Waals surface area (Å²) in [6, 6.07) is 10.6.